The second-order valence-corrected chi connectivity index (χ2v) is 7.03. The largest absolute Gasteiger partial charge is 0.350 e. The molecule has 0 saturated heterocycles. The number of rotatable bonds is 3. The van der Waals surface area contributed by atoms with Gasteiger partial charge in [0.15, 0.2) is 0 Å². The molecule has 2 heterocycles. The first-order valence-corrected chi connectivity index (χ1v) is 8.88. The van der Waals surface area contributed by atoms with Crippen molar-refractivity contribution in [3.63, 3.8) is 0 Å². The summed E-state index contributed by atoms with van der Waals surface area (Å²) in [5.41, 5.74) is 5.18. The van der Waals surface area contributed by atoms with Gasteiger partial charge in [0, 0.05) is 29.5 Å². The van der Waals surface area contributed by atoms with Gasteiger partial charge in [0.25, 0.3) is 5.91 Å². The molecular weight excluding hydrogens is 356 g/mol. The Bertz CT molecular complexity index is 1100. The first kappa shape index (κ1) is 16.1. The topological polar surface area (TPSA) is 61.9 Å². The van der Waals surface area contributed by atoms with Crippen LogP contribution in [0.3, 0.4) is 0 Å². The Morgan fingerprint density at radius 1 is 1.20 bits per heavy atom. The van der Waals surface area contributed by atoms with E-state index in [1.54, 1.807) is 11.9 Å². The lowest BCUT2D eigenvalue weighted by Gasteiger charge is -2.17. The Labute approximate surface area is 153 Å². The van der Waals surface area contributed by atoms with Crippen LogP contribution >= 0.6 is 23.3 Å². The fraction of sp³-hybridized carbons (Fsp3) is 0.167. The minimum absolute atomic E-state index is 0.0543. The van der Waals surface area contributed by atoms with E-state index in [1.807, 2.05) is 43.3 Å². The third-order valence-corrected chi connectivity index (χ3v) is 5.11. The number of H-pyrrole nitrogens is 1. The van der Waals surface area contributed by atoms with Crippen molar-refractivity contribution in [2.45, 2.75) is 13.5 Å². The lowest BCUT2D eigenvalue weighted by Crippen LogP contribution is -2.27. The summed E-state index contributed by atoms with van der Waals surface area (Å²) < 4.78 is 8.45. The van der Waals surface area contributed by atoms with Gasteiger partial charge in [-0.2, -0.15) is 8.75 Å². The molecule has 0 aliphatic heterocycles. The molecule has 0 spiro atoms. The number of aromatic nitrogens is 3. The van der Waals surface area contributed by atoms with E-state index in [-0.39, 0.29) is 5.91 Å². The summed E-state index contributed by atoms with van der Waals surface area (Å²) in [6.45, 7) is 2.44. The molecule has 0 aliphatic carbocycles. The molecule has 0 saturated carbocycles. The van der Waals surface area contributed by atoms with Gasteiger partial charge in [0.2, 0.25) is 0 Å². The molecule has 2 aromatic carbocycles. The summed E-state index contributed by atoms with van der Waals surface area (Å²) >= 11 is 7.26. The van der Waals surface area contributed by atoms with Gasteiger partial charge in [0.1, 0.15) is 16.7 Å². The van der Waals surface area contributed by atoms with Gasteiger partial charge in [-0.3, -0.25) is 4.79 Å². The molecule has 4 rings (SSSR count). The minimum Gasteiger partial charge on any atom is -0.350 e. The van der Waals surface area contributed by atoms with Gasteiger partial charge in [0.05, 0.1) is 11.7 Å². The van der Waals surface area contributed by atoms with Crippen LogP contribution in [0.2, 0.25) is 5.02 Å². The summed E-state index contributed by atoms with van der Waals surface area (Å²) in [5.74, 6) is -0.0543. The zero-order valence-corrected chi connectivity index (χ0v) is 15.3. The van der Waals surface area contributed by atoms with Crippen LogP contribution in [0.1, 0.15) is 21.6 Å². The van der Waals surface area contributed by atoms with Gasteiger partial charge < -0.3 is 9.88 Å². The molecule has 0 bridgehead atoms. The van der Waals surface area contributed by atoms with Crippen LogP contribution in [0.25, 0.3) is 21.9 Å². The number of fused-ring (bicyclic) bond motifs is 2. The standard InChI is InChI=1S/C18H15ClN4OS/c1-10-13-8-12(19)4-6-14(13)20-17(10)18(24)23(2)9-11-3-5-15-16(7-11)22-25-21-15/h3-8,20H,9H2,1-2H3. The Morgan fingerprint density at radius 2 is 2.00 bits per heavy atom. The molecule has 2 aromatic heterocycles. The van der Waals surface area contributed by atoms with Crippen LogP contribution in [0.4, 0.5) is 0 Å². The summed E-state index contributed by atoms with van der Waals surface area (Å²) in [6.07, 6.45) is 0. The number of aromatic amines is 1. The number of benzene rings is 2. The van der Waals surface area contributed by atoms with E-state index >= 15 is 0 Å². The summed E-state index contributed by atoms with van der Waals surface area (Å²) in [5, 5.41) is 1.63. The molecule has 7 heteroatoms. The highest BCUT2D eigenvalue weighted by atomic mass is 35.5. The molecule has 1 N–H and O–H groups in total. The monoisotopic (exact) mass is 370 g/mol. The average molecular weight is 371 g/mol. The number of nitrogens with zero attached hydrogens (tertiary/aromatic N) is 3. The number of aryl methyl sites for hydroxylation is 1. The third-order valence-electron chi connectivity index (χ3n) is 4.32. The summed E-state index contributed by atoms with van der Waals surface area (Å²) in [6, 6.07) is 11.5. The molecule has 0 unspecified atom stereocenters. The molecule has 0 radical (unpaired) electrons. The van der Waals surface area contributed by atoms with E-state index in [4.69, 9.17) is 11.6 Å². The summed E-state index contributed by atoms with van der Waals surface area (Å²) in [7, 11) is 1.80. The highest BCUT2D eigenvalue weighted by Gasteiger charge is 2.19. The van der Waals surface area contributed by atoms with E-state index < -0.39 is 0 Å². The maximum atomic E-state index is 12.9. The van der Waals surface area contributed by atoms with Crippen LogP contribution in [0.15, 0.2) is 36.4 Å². The van der Waals surface area contributed by atoms with E-state index in [0.717, 1.165) is 33.1 Å². The van der Waals surface area contributed by atoms with Gasteiger partial charge in [-0.25, -0.2) is 0 Å². The van der Waals surface area contributed by atoms with Crippen molar-refractivity contribution in [2.24, 2.45) is 0 Å². The molecule has 25 heavy (non-hydrogen) atoms. The zero-order valence-electron chi connectivity index (χ0n) is 13.7. The number of nitrogens with one attached hydrogen (secondary N) is 1. The molecule has 126 valence electrons. The van der Waals surface area contributed by atoms with Gasteiger partial charge in [-0.1, -0.05) is 17.7 Å². The van der Waals surface area contributed by atoms with Crippen LogP contribution < -0.4 is 0 Å². The zero-order chi connectivity index (χ0) is 17.6. The molecular formula is C18H15ClN4OS. The highest BCUT2D eigenvalue weighted by molar-refractivity contribution is 7.00. The normalized spacial score (nSPS) is 11.3. The number of amides is 1. The Balaban J connectivity index is 1.62. The number of carbonyl (C=O) groups excluding carboxylic acids is 1. The van der Waals surface area contributed by atoms with Crippen molar-refractivity contribution in [3.05, 3.63) is 58.2 Å². The van der Waals surface area contributed by atoms with E-state index in [1.165, 1.54) is 11.7 Å². The molecule has 0 atom stereocenters. The van der Waals surface area contributed by atoms with Crippen molar-refractivity contribution in [1.29, 1.82) is 0 Å². The molecule has 0 fully saturated rings. The van der Waals surface area contributed by atoms with Gasteiger partial charge in [-0.05, 0) is 48.4 Å². The minimum atomic E-state index is -0.0543. The first-order valence-electron chi connectivity index (χ1n) is 7.77. The van der Waals surface area contributed by atoms with Crippen molar-refractivity contribution in [1.82, 2.24) is 18.6 Å². The van der Waals surface area contributed by atoms with Crippen LogP contribution in [-0.4, -0.2) is 31.6 Å². The lowest BCUT2D eigenvalue weighted by atomic mass is 10.1. The predicted molar refractivity (Wildman–Crippen MR) is 101 cm³/mol. The van der Waals surface area contributed by atoms with E-state index in [2.05, 4.69) is 13.7 Å². The smallest absolute Gasteiger partial charge is 0.270 e. The van der Waals surface area contributed by atoms with Crippen LogP contribution in [0, 0.1) is 6.92 Å². The number of hydrogen-bond acceptors (Lipinski definition) is 4. The highest BCUT2D eigenvalue weighted by Crippen LogP contribution is 2.26. The summed E-state index contributed by atoms with van der Waals surface area (Å²) in [4.78, 5) is 17.8. The lowest BCUT2D eigenvalue weighted by molar-refractivity contribution is 0.0779. The van der Waals surface area contributed by atoms with Crippen molar-refractivity contribution in [2.75, 3.05) is 7.05 Å². The van der Waals surface area contributed by atoms with E-state index in [0.29, 0.717) is 17.3 Å². The molecule has 5 nitrogen and oxygen atoms in total. The third kappa shape index (κ3) is 2.88. The quantitative estimate of drug-likeness (QED) is 0.581. The molecule has 4 aromatic rings. The Morgan fingerprint density at radius 3 is 2.84 bits per heavy atom. The van der Waals surface area contributed by atoms with Crippen molar-refractivity contribution >= 4 is 51.2 Å². The Kier molecular flexibility index (Phi) is 3.94. The van der Waals surface area contributed by atoms with Crippen LogP contribution in [-0.2, 0) is 6.54 Å². The maximum Gasteiger partial charge on any atom is 0.270 e. The second kappa shape index (κ2) is 6.13. The van der Waals surface area contributed by atoms with Gasteiger partial charge in [-0.15, -0.1) is 0 Å². The maximum absolute atomic E-state index is 12.9. The SMILES string of the molecule is Cc1c(C(=O)N(C)Cc2ccc3nsnc3c2)[nH]c2ccc(Cl)cc12. The number of carbonyl (C=O) groups is 1. The number of halogens is 1. The molecule has 1 amide bonds. The first-order chi connectivity index (χ1) is 12.0. The average Bonchev–Trinajstić information content (AvgIpc) is 3.18. The fourth-order valence-corrected chi connectivity index (χ4v) is 3.66. The fourth-order valence-electron chi connectivity index (χ4n) is 2.98. The van der Waals surface area contributed by atoms with Crippen LogP contribution in [0.5, 0.6) is 0 Å². The molecule has 0 aliphatic rings. The van der Waals surface area contributed by atoms with Gasteiger partial charge >= 0.3 is 0 Å². The second-order valence-electron chi connectivity index (χ2n) is 6.06. The van der Waals surface area contributed by atoms with Crippen molar-refractivity contribution < 1.29 is 4.79 Å². The van der Waals surface area contributed by atoms with E-state index in [9.17, 15) is 4.79 Å². The Hall–Kier alpha value is -2.44. The predicted octanol–water partition coefficient (Wildman–Crippen LogP) is 4.41. The number of hydrogen-bond donors (Lipinski definition) is 1. The van der Waals surface area contributed by atoms with Crippen molar-refractivity contribution in [3.8, 4) is 0 Å².